The summed E-state index contributed by atoms with van der Waals surface area (Å²) in [5, 5.41) is 8.05. The average Bonchev–Trinajstić information content (AvgIpc) is 2.92. The molecule has 0 fully saturated rings. The number of benzene rings is 1. The van der Waals surface area contributed by atoms with Crippen molar-refractivity contribution in [2.24, 2.45) is 12.0 Å². The molecule has 1 heterocycles. The number of hydrogen-bond donors (Lipinski definition) is 1. The van der Waals surface area contributed by atoms with Gasteiger partial charge in [0.05, 0.1) is 5.69 Å². The summed E-state index contributed by atoms with van der Waals surface area (Å²) in [4.78, 5) is 6.57. The molecule has 0 atom stereocenters. The van der Waals surface area contributed by atoms with Crippen molar-refractivity contribution < 1.29 is 0 Å². The lowest BCUT2D eigenvalue weighted by Gasteiger charge is -2.22. The molecule has 144 valence electrons. The van der Waals surface area contributed by atoms with Gasteiger partial charge in [-0.25, -0.2) is 0 Å². The maximum Gasteiger partial charge on any atom is 0.193 e. The van der Waals surface area contributed by atoms with E-state index in [1.807, 2.05) is 18.8 Å². The van der Waals surface area contributed by atoms with Crippen LogP contribution in [0.4, 0.5) is 0 Å². The van der Waals surface area contributed by atoms with E-state index < -0.39 is 0 Å². The second-order valence-electron chi connectivity index (χ2n) is 6.94. The van der Waals surface area contributed by atoms with Crippen molar-refractivity contribution in [3.05, 3.63) is 52.8 Å². The molecule has 0 saturated heterocycles. The molecule has 0 bridgehead atoms. The fourth-order valence-corrected chi connectivity index (χ4v) is 3.06. The van der Waals surface area contributed by atoms with Crippen molar-refractivity contribution in [1.29, 1.82) is 0 Å². The van der Waals surface area contributed by atoms with Crippen LogP contribution in [0.3, 0.4) is 0 Å². The molecule has 2 rings (SSSR count). The second-order valence-corrected chi connectivity index (χ2v) is 6.94. The summed E-state index contributed by atoms with van der Waals surface area (Å²) in [6, 6.07) is 8.65. The van der Waals surface area contributed by atoms with E-state index in [4.69, 9.17) is 0 Å². The third-order valence-corrected chi connectivity index (χ3v) is 4.24. The summed E-state index contributed by atoms with van der Waals surface area (Å²) >= 11 is 0. The number of hydrogen-bond acceptors (Lipinski definition) is 2. The smallest absolute Gasteiger partial charge is 0.193 e. The number of aryl methyl sites for hydroxylation is 2. The molecule has 0 radical (unpaired) electrons. The monoisotopic (exact) mass is 469 g/mol. The summed E-state index contributed by atoms with van der Waals surface area (Å²) in [7, 11) is 5.88. The SMILES string of the molecule is CN=C(NCCc1cccc(C)c1)N(C)Cc1cn(C)nc1C(C)C.I. The summed E-state index contributed by atoms with van der Waals surface area (Å²) in [5.41, 5.74) is 5.06. The first kappa shape index (κ1) is 22.5. The Morgan fingerprint density at radius 3 is 2.69 bits per heavy atom. The largest absolute Gasteiger partial charge is 0.356 e. The Kier molecular flexibility index (Phi) is 9.12. The molecule has 5 nitrogen and oxygen atoms in total. The van der Waals surface area contributed by atoms with Gasteiger partial charge in [-0.1, -0.05) is 43.7 Å². The number of guanidine groups is 1. The third-order valence-electron chi connectivity index (χ3n) is 4.24. The van der Waals surface area contributed by atoms with Crippen LogP contribution in [0.1, 0.15) is 42.1 Å². The third kappa shape index (κ3) is 6.30. The first-order valence-electron chi connectivity index (χ1n) is 8.90. The Morgan fingerprint density at radius 2 is 2.08 bits per heavy atom. The van der Waals surface area contributed by atoms with Crippen LogP contribution in [0.25, 0.3) is 0 Å². The van der Waals surface area contributed by atoms with Crippen LogP contribution in [0.15, 0.2) is 35.5 Å². The number of rotatable bonds is 6. The zero-order valence-corrected chi connectivity index (χ0v) is 19.1. The molecule has 0 aliphatic heterocycles. The summed E-state index contributed by atoms with van der Waals surface area (Å²) in [6.07, 6.45) is 3.09. The van der Waals surface area contributed by atoms with Gasteiger partial charge >= 0.3 is 0 Å². The molecule has 0 unspecified atom stereocenters. The predicted molar refractivity (Wildman–Crippen MR) is 120 cm³/mol. The van der Waals surface area contributed by atoms with Crippen molar-refractivity contribution in [2.75, 3.05) is 20.6 Å². The molecule has 26 heavy (non-hydrogen) atoms. The highest BCUT2D eigenvalue weighted by Crippen LogP contribution is 2.18. The molecule has 0 aliphatic rings. The predicted octanol–water partition coefficient (Wildman–Crippen LogP) is 3.72. The number of halogens is 1. The normalized spacial score (nSPS) is 11.4. The van der Waals surface area contributed by atoms with Crippen molar-refractivity contribution >= 4 is 29.9 Å². The van der Waals surface area contributed by atoms with Crippen molar-refractivity contribution in [2.45, 2.75) is 39.7 Å². The second kappa shape index (κ2) is 10.5. The van der Waals surface area contributed by atoms with Crippen molar-refractivity contribution in [3.8, 4) is 0 Å². The number of aliphatic imine (C=N–C) groups is 1. The molecule has 0 spiro atoms. The molecule has 0 saturated carbocycles. The van der Waals surface area contributed by atoms with Gasteiger partial charge in [0.15, 0.2) is 5.96 Å². The molecule has 2 aromatic rings. The lowest BCUT2D eigenvalue weighted by molar-refractivity contribution is 0.474. The van der Waals surface area contributed by atoms with Crippen LogP contribution < -0.4 is 5.32 Å². The Labute approximate surface area is 174 Å². The topological polar surface area (TPSA) is 45.5 Å². The van der Waals surface area contributed by atoms with E-state index in [0.717, 1.165) is 31.2 Å². The van der Waals surface area contributed by atoms with E-state index in [-0.39, 0.29) is 24.0 Å². The fourth-order valence-electron chi connectivity index (χ4n) is 3.06. The molecule has 1 N–H and O–H groups in total. The number of nitrogens with one attached hydrogen (secondary N) is 1. The number of nitrogens with zero attached hydrogens (tertiary/aromatic N) is 4. The molecule has 0 aliphatic carbocycles. The summed E-state index contributed by atoms with van der Waals surface area (Å²) < 4.78 is 1.90. The molecular weight excluding hydrogens is 437 g/mol. The lowest BCUT2D eigenvalue weighted by Crippen LogP contribution is -2.39. The zero-order chi connectivity index (χ0) is 18.4. The van der Waals surface area contributed by atoms with E-state index in [1.54, 1.807) is 0 Å². The van der Waals surface area contributed by atoms with Gasteiger partial charge in [0.25, 0.3) is 0 Å². The lowest BCUT2D eigenvalue weighted by atomic mass is 10.1. The Morgan fingerprint density at radius 1 is 1.35 bits per heavy atom. The minimum Gasteiger partial charge on any atom is -0.356 e. The Bertz CT molecular complexity index is 721. The fraction of sp³-hybridized carbons (Fsp3) is 0.500. The quantitative estimate of drug-likeness (QED) is 0.399. The summed E-state index contributed by atoms with van der Waals surface area (Å²) in [6.45, 7) is 8.15. The Balaban J connectivity index is 0.00000338. The van der Waals surface area contributed by atoms with Gasteiger partial charge < -0.3 is 10.2 Å². The van der Waals surface area contributed by atoms with Gasteiger partial charge in [0.1, 0.15) is 0 Å². The maximum atomic E-state index is 4.59. The number of aromatic nitrogens is 2. The van der Waals surface area contributed by atoms with Crippen LogP contribution in [-0.2, 0) is 20.0 Å². The molecule has 0 amide bonds. The minimum atomic E-state index is 0. The van der Waals surface area contributed by atoms with Crippen molar-refractivity contribution in [3.63, 3.8) is 0 Å². The van der Waals surface area contributed by atoms with Crippen LogP contribution in [0.5, 0.6) is 0 Å². The molecule has 1 aromatic carbocycles. The van der Waals surface area contributed by atoms with E-state index >= 15 is 0 Å². The van der Waals surface area contributed by atoms with Crippen LogP contribution in [0.2, 0.25) is 0 Å². The molecular formula is C20H32IN5. The Hall–Kier alpha value is -1.57. The van der Waals surface area contributed by atoms with E-state index in [2.05, 4.69) is 78.6 Å². The van der Waals surface area contributed by atoms with Gasteiger partial charge in [-0.2, -0.15) is 5.10 Å². The van der Waals surface area contributed by atoms with Gasteiger partial charge in [0, 0.05) is 46.0 Å². The zero-order valence-electron chi connectivity index (χ0n) is 16.8. The highest BCUT2D eigenvalue weighted by molar-refractivity contribution is 14.0. The van der Waals surface area contributed by atoms with Gasteiger partial charge in [-0.3, -0.25) is 9.67 Å². The first-order valence-corrected chi connectivity index (χ1v) is 8.90. The van der Waals surface area contributed by atoms with Crippen LogP contribution in [-0.4, -0.2) is 41.3 Å². The van der Waals surface area contributed by atoms with Gasteiger partial charge in [-0.15, -0.1) is 24.0 Å². The van der Waals surface area contributed by atoms with Crippen LogP contribution in [0, 0.1) is 6.92 Å². The summed E-state index contributed by atoms with van der Waals surface area (Å²) in [5.74, 6) is 1.33. The van der Waals surface area contributed by atoms with Crippen LogP contribution >= 0.6 is 24.0 Å². The molecule has 1 aromatic heterocycles. The van der Waals surface area contributed by atoms with Crippen molar-refractivity contribution in [1.82, 2.24) is 20.0 Å². The first-order chi connectivity index (χ1) is 11.9. The van der Waals surface area contributed by atoms with E-state index in [0.29, 0.717) is 5.92 Å². The van der Waals surface area contributed by atoms with Gasteiger partial charge in [-0.05, 0) is 24.8 Å². The van der Waals surface area contributed by atoms with E-state index in [1.165, 1.54) is 16.7 Å². The minimum absolute atomic E-state index is 0. The highest BCUT2D eigenvalue weighted by Gasteiger charge is 2.14. The maximum absolute atomic E-state index is 4.59. The average molecular weight is 469 g/mol. The van der Waals surface area contributed by atoms with E-state index in [9.17, 15) is 0 Å². The standard InChI is InChI=1S/C20H31N5.HI/c1-15(2)19-18(14-25(6)23-19)13-24(5)20(21-4)22-11-10-17-9-7-8-16(3)12-17;/h7-9,12,14-15H,10-11,13H2,1-6H3,(H,21,22);1H. The van der Waals surface area contributed by atoms with Gasteiger partial charge in [0.2, 0.25) is 0 Å². The molecule has 6 heteroatoms. The highest BCUT2D eigenvalue weighted by atomic mass is 127.